The molecule has 1 aliphatic heterocycles. The summed E-state index contributed by atoms with van der Waals surface area (Å²) in [4.78, 5) is 4.79. The molecule has 25 heavy (non-hydrogen) atoms. The van der Waals surface area contributed by atoms with Gasteiger partial charge in [-0.25, -0.2) is 0 Å². The Bertz CT molecular complexity index is 575. The standard InChI is InChI=1S/C22H30N2O/c1-23(2)13-14-24-15-16-25-21(18-24)17-22(19-9-5-3-6-10-19)20-11-7-4-8-12-20/h3-12,21-22H,13-18H2,1-2H3. The Morgan fingerprint density at radius 3 is 2.16 bits per heavy atom. The van der Waals surface area contributed by atoms with Crippen LogP contribution in [0.3, 0.4) is 0 Å². The minimum Gasteiger partial charge on any atom is -0.376 e. The number of nitrogens with zero attached hydrogens (tertiary/aromatic N) is 2. The van der Waals surface area contributed by atoms with E-state index in [0.29, 0.717) is 12.0 Å². The van der Waals surface area contributed by atoms with Crippen molar-refractivity contribution in [3.05, 3.63) is 71.8 Å². The number of rotatable bonds is 7. The van der Waals surface area contributed by atoms with Gasteiger partial charge in [0.15, 0.2) is 0 Å². The van der Waals surface area contributed by atoms with Crippen LogP contribution in [-0.2, 0) is 4.74 Å². The minimum atomic E-state index is 0.293. The Labute approximate surface area is 152 Å². The molecule has 0 aromatic heterocycles. The number of ether oxygens (including phenoxy) is 1. The van der Waals surface area contributed by atoms with Gasteiger partial charge >= 0.3 is 0 Å². The molecule has 1 unspecified atom stereocenters. The highest BCUT2D eigenvalue weighted by Gasteiger charge is 2.25. The average Bonchev–Trinajstić information content (AvgIpc) is 2.66. The normalized spacial score (nSPS) is 18.8. The highest BCUT2D eigenvalue weighted by molar-refractivity contribution is 5.32. The van der Waals surface area contributed by atoms with Crippen LogP contribution >= 0.6 is 0 Å². The van der Waals surface area contributed by atoms with E-state index in [1.807, 2.05) is 0 Å². The second kappa shape index (κ2) is 9.14. The maximum Gasteiger partial charge on any atom is 0.0711 e. The highest BCUT2D eigenvalue weighted by atomic mass is 16.5. The summed E-state index contributed by atoms with van der Waals surface area (Å²) in [7, 11) is 4.28. The predicted octanol–water partition coefficient (Wildman–Crippen LogP) is 3.47. The molecule has 0 radical (unpaired) electrons. The smallest absolute Gasteiger partial charge is 0.0711 e. The van der Waals surface area contributed by atoms with E-state index >= 15 is 0 Å². The van der Waals surface area contributed by atoms with Crippen LogP contribution in [0.4, 0.5) is 0 Å². The van der Waals surface area contributed by atoms with Crippen LogP contribution in [0, 0.1) is 0 Å². The predicted molar refractivity (Wildman–Crippen MR) is 104 cm³/mol. The van der Waals surface area contributed by atoms with Crippen LogP contribution in [0.5, 0.6) is 0 Å². The van der Waals surface area contributed by atoms with Crippen molar-refractivity contribution in [2.45, 2.75) is 18.4 Å². The summed E-state index contributed by atoms with van der Waals surface area (Å²) < 4.78 is 6.13. The Balaban J connectivity index is 1.70. The highest BCUT2D eigenvalue weighted by Crippen LogP contribution is 2.30. The molecule has 3 rings (SSSR count). The van der Waals surface area contributed by atoms with Gasteiger partial charge in [0.2, 0.25) is 0 Å². The molecule has 2 aromatic rings. The number of likely N-dealkylation sites (N-methyl/N-ethyl adjacent to an activating group) is 1. The Morgan fingerprint density at radius 2 is 1.60 bits per heavy atom. The summed E-state index contributed by atoms with van der Waals surface area (Å²) in [6.07, 6.45) is 1.33. The molecule has 1 heterocycles. The molecular formula is C22H30N2O. The lowest BCUT2D eigenvalue weighted by molar-refractivity contribution is -0.0348. The van der Waals surface area contributed by atoms with E-state index in [9.17, 15) is 0 Å². The van der Waals surface area contributed by atoms with Crippen molar-refractivity contribution in [3.8, 4) is 0 Å². The molecule has 1 aliphatic rings. The van der Waals surface area contributed by atoms with Crippen LogP contribution in [0.15, 0.2) is 60.7 Å². The summed E-state index contributed by atoms with van der Waals surface area (Å²) >= 11 is 0. The molecule has 1 saturated heterocycles. The second-order valence-electron chi connectivity index (χ2n) is 7.21. The fourth-order valence-electron chi connectivity index (χ4n) is 3.57. The summed E-state index contributed by atoms with van der Waals surface area (Å²) in [6.45, 7) is 5.14. The molecular weight excluding hydrogens is 308 g/mol. The van der Waals surface area contributed by atoms with E-state index in [2.05, 4.69) is 84.6 Å². The van der Waals surface area contributed by atoms with Gasteiger partial charge < -0.3 is 9.64 Å². The molecule has 0 bridgehead atoms. The molecule has 134 valence electrons. The number of hydrogen-bond donors (Lipinski definition) is 0. The van der Waals surface area contributed by atoms with Crippen LogP contribution < -0.4 is 0 Å². The summed E-state index contributed by atoms with van der Waals surface area (Å²) in [5, 5.41) is 0. The van der Waals surface area contributed by atoms with Crippen molar-refractivity contribution >= 4 is 0 Å². The third-order valence-electron chi connectivity index (χ3n) is 4.99. The molecule has 1 atom stereocenters. The van der Waals surface area contributed by atoms with Gasteiger partial charge in [0.1, 0.15) is 0 Å². The zero-order valence-electron chi connectivity index (χ0n) is 15.5. The number of morpholine rings is 1. The van der Waals surface area contributed by atoms with Gasteiger partial charge in [-0.3, -0.25) is 4.90 Å². The van der Waals surface area contributed by atoms with Crippen molar-refractivity contribution in [1.29, 1.82) is 0 Å². The topological polar surface area (TPSA) is 15.7 Å². The molecule has 0 aliphatic carbocycles. The van der Waals surface area contributed by atoms with Gasteiger partial charge in [0.25, 0.3) is 0 Å². The summed E-state index contributed by atoms with van der Waals surface area (Å²) in [6, 6.07) is 21.7. The quantitative estimate of drug-likeness (QED) is 0.769. The van der Waals surface area contributed by atoms with Crippen LogP contribution in [0.2, 0.25) is 0 Å². The van der Waals surface area contributed by atoms with E-state index in [1.165, 1.54) is 11.1 Å². The van der Waals surface area contributed by atoms with Gasteiger partial charge in [-0.2, -0.15) is 0 Å². The molecule has 0 spiro atoms. The van der Waals surface area contributed by atoms with Crippen molar-refractivity contribution in [3.63, 3.8) is 0 Å². The van der Waals surface area contributed by atoms with Gasteiger partial charge in [0, 0.05) is 32.1 Å². The Kier molecular flexibility index (Phi) is 6.62. The lowest BCUT2D eigenvalue weighted by Gasteiger charge is -2.35. The third kappa shape index (κ3) is 5.40. The average molecular weight is 338 g/mol. The van der Waals surface area contributed by atoms with Crippen LogP contribution in [0.1, 0.15) is 23.5 Å². The zero-order chi connectivity index (χ0) is 17.5. The monoisotopic (exact) mass is 338 g/mol. The first-order chi connectivity index (χ1) is 12.2. The molecule has 0 saturated carbocycles. The fourth-order valence-corrected chi connectivity index (χ4v) is 3.57. The number of hydrogen-bond acceptors (Lipinski definition) is 3. The van der Waals surface area contributed by atoms with Crippen LogP contribution in [0.25, 0.3) is 0 Å². The third-order valence-corrected chi connectivity index (χ3v) is 4.99. The van der Waals surface area contributed by atoms with E-state index < -0.39 is 0 Å². The first kappa shape index (κ1) is 18.1. The van der Waals surface area contributed by atoms with E-state index in [-0.39, 0.29) is 0 Å². The van der Waals surface area contributed by atoms with E-state index in [0.717, 1.165) is 39.2 Å². The first-order valence-corrected chi connectivity index (χ1v) is 9.31. The summed E-state index contributed by atoms with van der Waals surface area (Å²) in [5.41, 5.74) is 2.76. The van der Waals surface area contributed by atoms with Crippen molar-refractivity contribution in [2.24, 2.45) is 0 Å². The fraction of sp³-hybridized carbons (Fsp3) is 0.455. The van der Waals surface area contributed by atoms with Gasteiger partial charge in [-0.1, -0.05) is 60.7 Å². The lowest BCUT2D eigenvalue weighted by Crippen LogP contribution is -2.45. The lowest BCUT2D eigenvalue weighted by atomic mass is 9.86. The summed E-state index contributed by atoms with van der Waals surface area (Å²) in [5.74, 6) is 0.390. The number of benzene rings is 2. The molecule has 0 N–H and O–H groups in total. The van der Waals surface area contributed by atoms with Gasteiger partial charge in [0.05, 0.1) is 12.7 Å². The van der Waals surface area contributed by atoms with Crippen molar-refractivity contribution in [1.82, 2.24) is 9.80 Å². The maximum atomic E-state index is 6.13. The van der Waals surface area contributed by atoms with Crippen LogP contribution in [-0.4, -0.2) is 62.8 Å². The zero-order valence-corrected chi connectivity index (χ0v) is 15.5. The SMILES string of the molecule is CN(C)CCN1CCOC(CC(c2ccccc2)c2ccccc2)C1. The minimum absolute atomic E-state index is 0.293. The van der Waals surface area contributed by atoms with Gasteiger partial charge in [-0.15, -0.1) is 0 Å². The molecule has 0 amide bonds. The van der Waals surface area contributed by atoms with E-state index in [1.54, 1.807) is 0 Å². The molecule has 2 aromatic carbocycles. The Morgan fingerprint density at radius 1 is 1.00 bits per heavy atom. The molecule has 1 fully saturated rings. The van der Waals surface area contributed by atoms with E-state index in [4.69, 9.17) is 4.74 Å². The van der Waals surface area contributed by atoms with Crippen molar-refractivity contribution < 1.29 is 4.74 Å². The molecule has 3 nitrogen and oxygen atoms in total. The Hall–Kier alpha value is -1.68. The maximum absolute atomic E-state index is 6.13. The van der Waals surface area contributed by atoms with Crippen molar-refractivity contribution in [2.75, 3.05) is 46.9 Å². The largest absolute Gasteiger partial charge is 0.376 e. The second-order valence-corrected chi connectivity index (χ2v) is 7.21. The first-order valence-electron chi connectivity index (χ1n) is 9.31. The van der Waals surface area contributed by atoms with Gasteiger partial charge in [-0.05, 0) is 31.6 Å². The molecule has 3 heteroatoms.